The molecule has 1 unspecified atom stereocenters. The number of hydrogen-bond acceptors (Lipinski definition) is 3. The Hall–Kier alpha value is -0.910. The van der Waals surface area contributed by atoms with E-state index in [0.29, 0.717) is 6.54 Å². The third kappa shape index (κ3) is 4.05. The minimum Gasteiger partial charge on any atom is -0.352 e. The molecule has 1 atom stereocenters. The molecule has 0 saturated heterocycles. The van der Waals surface area contributed by atoms with Crippen molar-refractivity contribution in [2.45, 2.75) is 50.1 Å². The van der Waals surface area contributed by atoms with Gasteiger partial charge in [-0.15, -0.1) is 0 Å². The molecule has 5 N–H and O–H groups in total. The zero-order valence-electron chi connectivity index (χ0n) is 12.5. The van der Waals surface area contributed by atoms with Crippen LogP contribution in [0.1, 0.15) is 44.6 Å². The molecule has 0 aromatic heterocycles. The monoisotopic (exact) mass is 353 g/mol. The summed E-state index contributed by atoms with van der Waals surface area (Å²) in [5, 5.41) is 2.95. The Morgan fingerprint density at radius 1 is 1.29 bits per heavy atom. The van der Waals surface area contributed by atoms with E-state index in [-0.39, 0.29) is 11.4 Å². The van der Waals surface area contributed by atoms with Crippen LogP contribution in [-0.2, 0) is 10.3 Å². The van der Waals surface area contributed by atoms with Crippen molar-refractivity contribution >= 4 is 21.8 Å². The number of hydrogen-bond donors (Lipinski definition) is 3. The molecule has 1 aromatic rings. The van der Waals surface area contributed by atoms with Crippen molar-refractivity contribution in [2.75, 3.05) is 6.54 Å². The van der Waals surface area contributed by atoms with Crippen LogP contribution in [-0.4, -0.2) is 18.0 Å². The molecule has 1 fully saturated rings. The summed E-state index contributed by atoms with van der Waals surface area (Å²) in [6.07, 6.45) is 5.44. The predicted octanol–water partition coefficient (Wildman–Crippen LogP) is 2.40. The Kier molecular flexibility index (Phi) is 5.07. The summed E-state index contributed by atoms with van der Waals surface area (Å²) < 4.78 is 0.963. The van der Waals surface area contributed by atoms with Crippen molar-refractivity contribution in [2.24, 2.45) is 11.5 Å². The Morgan fingerprint density at radius 3 is 2.43 bits per heavy atom. The first kappa shape index (κ1) is 16.5. The first-order valence-electron chi connectivity index (χ1n) is 7.46. The van der Waals surface area contributed by atoms with Gasteiger partial charge in [-0.1, -0.05) is 47.3 Å². The first-order valence-corrected chi connectivity index (χ1v) is 8.25. The highest BCUT2D eigenvalue weighted by molar-refractivity contribution is 9.10. The van der Waals surface area contributed by atoms with Gasteiger partial charge >= 0.3 is 0 Å². The lowest BCUT2D eigenvalue weighted by molar-refractivity contribution is -0.126. The van der Waals surface area contributed by atoms with Crippen LogP contribution >= 0.6 is 15.9 Å². The molecule has 1 aliphatic carbocycles. The van der Waals surface area contributed by atoms with Gasteiger partial charge in [0.2, 0.25) is 5.91 Å². The molecule has 21 heavy (non-hydrogen) atoms. The third-order valence-electron chi connectivity index (χ3n) is 4.37. The number of carbonyl (C=O) groups excluding carboxylic acids is 1. The molecule has 0 bridgehead atoms. The van der Waals surface area contributed by atoms with Crippen LogP contribution in [0.15, 0.2) is 28.7 Å². The molecule has 0 radical (unpaired) electrons. The number of benzene rings is 1. The average molecular weight is 354 g/mol. The second-order valence-electron chi connectivity index (χ2n) is 6.31. The fourth-order valence-corrected chi connectivity index (χ4v) is 3.06. The fraction of sp³-hybridized carbons (Fsp3) is 0.562. The van der Waals surface area contributed by atoms with Gasteiger partial charge in [0.15, 0.2) is 0 Å². The smallest absolute Gasteiger partial charge is 0.244 e. The van der Waals surface area contributed by atoms with Crippen molar-refractivity contribution in [1.29, 1.82) is 0 Å². The normalized spacial score (nSPS) is 20.6. The summed E-state index contributed by atoms with van der Waals surface area (Å²) in [5.74, 6) is -0.180. The molecule has 2 rings (SSSR count). The van der Waals surface area contributed by atoms with Gasteiger partial charge in [-0.05, 0) is 37.5 Å². The molecule has 0 spiro atoms. The first-order chi connectivity index (χ1) is 9.83. The maximum atomic E-state index is 12.4. The number of rotatable bonds is 4. The summed E-state index contributed by atoms with van der Waals surface area (Å²) >= 11 is 3.38. The molecule has 0 aliphatic heterocycles. The largest absolute Gasteiger partial charge is 0.352 e. The summed E-state index contributed by atoms with van der Waals surface area (Å²) in [5.41, 5.74) is 12.0. The van der Waals surface area contributed by atoms with E-state index in [1.165, 1.54) is 6.42 Å². The Labute approximate surface area is 134 Å². The molecular weight excluding hydrogens is 330 g/mol. The quantitative estimate of drug-likeness (QED) is 0.777. The number of nitrogens with two attached hydrogens (primary N) is 2. The predicted molar refractivity (Wildman–Crippen MR) is 88.7 cm³/mol. The van der Waals surface area contributed by atoms with Crippen LogP contribution in [0.3, 0.4) is 0 Å². The van der Waals surface area contributed by atoms with Crippen LogP contribution in [0.2, 0.25) is 0 Å². The zero-order valence-corrected chi connectivity index (χ0v) is 14.1. The minimum atomic E-state index is -1.05. The van der Waals surface area contributed by atoms with Gasteiger partial charge in [0.1, 0.15) is 5.54 Å². The van der Waals surface area contributed by atoms with Gasteiger partial charge in [0, 0.05) is 16.6 Å². The van der Waals surface area contributed by atoms with Crippen LogP contribution in [0.4, 0.5) is 0 Å². The van der Waals surface area contributed by atoms with E-state index in [0.717, 1.165) is 35.7 Å². The molecule has 0 heterocycles. The Bertz CT molecular complexity index is 493. The highest BCUT2D eigenvalue weighted by Gasteiger charge is 2.33. The number of carbonyl (C=O) groups is 1. The van der Waals surface area contributed by atoms with Crippen LogP contribution in [0, 0.1) is 0 Å². The molecule has 5 heteroatoms. The van der Waals surface area contributed by atoms with Crippen molar-refractivity contribution in [3.05, 3.63) is 34.3 Å². The Balaban J connectivity index is 1.99. The van der Waals surface area contributed by atoms with Gasteiger partial charge in [-0.25, -0.2) is 0 Å². The SMILES string of the molecule is CC(N)(C(=O)NCC1(N)CCCCC1)c1ccc(Br)cc1. The highest BCUT2D eigenvalue weighted by Crippen LogP contribution is 2.26. The lowest BCUT2D eigenvalue weighted by Gasteiger charge is -2.35. The summed E-state index contributed by atoms with van der Waals surface area (Å²) in [4.78, 5) is 12.4. The van der Waals surface area contributed by atoms with E-state index >= 15 is 0 Å². The van der Waals surface area contributed by atoms with Crippen LogP contribution in [0.25, 0.3) is 0 Å². The summed E-state index contributed by atoms with van der Waals surface area (Å²) in [6, 6.07) is 7.50. The van der Waals surface area contributed by atoms with Crippen molar-refractivity contribution in [1.82, 2.24) is 5.32 Å². The third-order valence-corrected chi connectivity index (χ3v) is 4.89. The van der Waals surface area contributed by atoms with Crippen molar-refractivity contribution in [3.8, 4) is 0 Å². The molecule has 116 valence electrons. The lowest BCUT2D eigenvalue weighted by Crippen LogP contribution is -2.56. The van der Waals surface area contributed by atoms with Crippen molar-refractivity contribution < 1.29 is 4.79 Å². The van der Waals surface area contributed by atoms with Gasteiger partial charge in [0.05, 0.1) is 0 Å². The maximum absolute atomic E-state index is 12.4. The van der Waals surface area contributed by atoms with E-state index in [4.69, 9.17) is 11.5 Å². The highest BCUT2D eigenvalue weighted by atomic mass is 79.9. The molecule has 1 saturated carbocycles. The Morgan fingerprint density at radius 2 is 1.86 bits per heavy atom. The lowest BCUT2D eigenvalue weighted by atomic mass is 9.82. The van der Waals surface area contributed by atoms with Gasteiger partial charge < -0.3 is 16.8 Å². The van der Waals surface area contributed by atoms with Crippen molar-refractivity contribution in [3.63, 3.8) is 0 Å². The molecule has 1 aliphatic rings. The van der Waals surface area contributed by atoms with E-state index in [9.17, 15) is 4.79 Å². The number of nitrogens with one attached hydrogen (secondary N) is 1. The molecule has 1 aromatic carbocycles. The van der Waals surface area contributed by atoms with E-state index in [2.05, 4.69) is 21.2 Å². The fourth-order valence-electron chi connectivity index (χ4n) is 2.80. The van der Waals surface area contributed by atoms with Gasteiger partial charge in [0.25, 0.3) is 0 Å². The maximum Gasteiger partial charge on any atom is 0.244 e. The summed E-state index contributed by atoms with van der Waals surface area (Å²) in [6.45, 7) is 2.23. The van der Waals surface area contributed by atoms with Gasteiger partial charge in [-0.2, -0.15) is 0 Å². The second kappa shape index (κ2) is 6.46. The number of halogens is 1. The molecule has 1 amide bonds. The zero-order chi connectivity index (χ0) is 15.5. The van der Waals surface area contributed by atoms with E-state index < -0.39 is 5.54 Å². The van der Waals surface area contributed by atoms with E-state index in [1.54, 1.807) is 6.92 Å². The molecule has 4 nitrogen and oxygen atoms in total. The standard InChI is InChI=1S/C16H24BrN3O/c1-15(18,12-5-7-13(17)8-6-12)14(21)20-11-16(19)9-3-2-4-10-16/h5-8H,2-4,9-11,18-19H2,1H3,(H,20,21). The van der Waals surface area contributed by atoms with E-state index in [1.807, 2.05) is 24.3 Å². The topological polar surface area (TPSA) is 81.1 Å². The average Bonchev–Trinajstić information content (AvgIpc) is 2.46. The van der Waals surface area contributed by atoms with Gasteiger partial charge in [-0.3, -0.25) is 4.79 Å². The van der Waals surface area contributed by atoms with Crippen LogP contribution < -0.4 is 16.8 Å². The number of amides is 1. The molecular formula is C16H24BrN3O. The van der Waals surface area contributed by atoms with Crippen LogP contribution in [0.5, 0.6) is 0 Å². The summed E-state index contributed by atoms with van der Waals surface area (Å²) in [7, 11) is 0. The minimum absolute atomic E-state index is 0.180. The second-order valence-corrected chi connectivity index (χ2v) is 7.23.